The molecular formula is C20H24N2O3S. The van der Waals surface area contributed by atoms with Crippen LogP contribution in [-0.4, -0.2) is 32.4 Å². The van der Waals surface area contributed by atoms with Gasteiger partial charge >= 0.3 is 6.03 Å². The molecule has 1 N–H and O–H groups in total. The topological polar surface area (TPSA) is 66.5 Å². The predicted molar refractivity (Wildman–Crippen MR) is 103 cm³/mol. The van der Waals surface area contributed by atoms with Crippen molar-refractivity contribution >= 4 is 21.6 Å². The van der Waals surface area contributed by atoms with E-state index in [1.807, 2.05) is 0 Å². The van der Waals surface area contributed by atoms with Crippen molar-refractivity contribution in [3.63, 3.8) is 0 Å². The first-order valence-electron chi connectivity index (χ1n) is 8.69. The minimum absolute atomic E-state index is 0.119. The minimum Gasteiger partial charge on any atom is -0.324 e. The van der Waals surface area contributed by atoms with Crippen molar-refractivity contribution < 1.29 is 13.2 Å². The van der Waals surface area contributed by atoms with E-state index in [-0.39, 0.29) is 22.1 Å². The van der Waals surface area contributed by atoms with Gasteiger partial charge in [-0.15, -0.1) is 0 Å². The van der Waals surface area contributed by atoms with Crippen LogP contribution in [-0.2, 0) is 15.6 Å². The van der Waals surface area contributed by atoms with Crippen molar-refractivity contribution in [1.82, 2.24) is 4.90 Å². The van der Waals surface area contributed by atoms with E-state index in [9.17, 15) is 13.2 Å². The van der Waals surface area contributed by atoms with Gasteiger partial charge in [-0.05, 0) is 35.6 Å². The van der Waals surface area contributed by atoms with Crippen molar-refractivity contribution in [3.8, 4) is 0 Å². The zero-order valence-electron chi connectivity index (χ0n) is 15.1. The maximum absolute atomic E-state index is 12.7. The summed E-state index contributed by atoms with van der Waals surface area (Å²) in [5, 5.41) is 2.89. The number of likely N-dealkylation sites (tertiary alicyclic amines) is 1. The number of para-hydroxylation sites is 1. The summed E-state index contributed by atoms with van der Waals surface area (Å²) in [6.07, 6.45) is 0.963. The van der Waals surface area contributed by atoms with Gasteiger partial charge in [-0.1, -0.05) is 50.2 Å². The maximum atomic E-state index is 12.7. The monoisotopic (exact) mass is 372 g/mol. The second-order valence-corrected chi connectivity index (χ2v) is 9.48. The van der Waals surface area contributed by atoms with Crippen LogP contribution in [0, 0.1) is 5.41 Å². The summed E-state index contributed by atoms with van der Waals surface area (Å²) in [5.74, 6) is -0.154. The fourth-order valence-electron chi connectivity index (χ4n) is 3.16. The number of hydrogen-bond donors (Lipinski definition) is 1. The molecule has 0 radical (unpaired) electrons. The number of carbonyl (C=O) groups excluding carboxylic acids is 1. The first-order valence-corrected chi connectivity index (χ1v) is 10.3. The van der Waals surface area contributed by atoms with Crippen molar-refractivity contribution in [1.29, 1.82) is 0 Å². The van der Waals surface area contributed by atoms with Gasteiger partial charge in [0.2, 0.25) is 0 Å². The fourth-order valence-corrected chi connectivity index (χ4v) is 4.56. The Morgan fingerprint density at radius 1 is 1.08 bits per heavy atom. The van der Waals surface area contributed by atoms with Gasteiger partial charge < -0.3 is 10.2 Å². The third kappa shape index (κ3) is 4.25. The molecule has 0 saturated carbocycles. The molecule has 6 heteroatoms. The van der Waals surface area contributed by atoms with Gasteiger partial charge in [-0.25, -0.2) is 13.2 Å². The Labute approximate surface area is 154 Å². The van der Waals surface area contributed by atoms with Crippen LogP contribution in [0.2, 0.25) is 0 Å². The fraction of sp³-hybridized carbons (Fsp3) is 0.350. The number of rotatable bonds is 4. The normalized spacial score (nSPS) is 16.5. The van der Waals surface area contributed by atoms with Crippen molar-refractivity contribution in [2.45, 2.75) is 30.9 Å². The molecule has 2 aromatic carbocycles. The second kappa shape index (κ2) is 7.11. The van der Waals surface area contributed by atoms with Crippen LogP contribution >= 0.6 is 0 Å². The Kier molecular flexibility index (Phi) is 5.05. The van der Waals surface area contributed by atoms with Crippen LogP contribution in [0.5, 0.6) is 0 Å². The highest BCUT2D eigenvalue weighted by Gasteiger charge is 2.32. The van der Waals surface area contributed by atoms with Gasteiger partial charge in [0, 0.05) is 18.8 Å². The highest BCUT2D eigenvalue weighted by Crippen LogP contribution is 2.29. The third-order valence-corrected chi connectivity index (χ3v) is 6.35. The number of anilines is 1. The second-order valence-electron chi connectivity index (χ2n) is 7.50. The summed E-state index contributed by atoms with van der Waals surface area (Å²) < 4.78 is 25.3. The number of amides is 2. The SMILES string of the molecule is CC1(C)CCN(C(=O)Nc2ccccc2CS(=O)(=O)c2ccccc2)C1. The Balaban J connectivity index is 1.78. The predicted octanol–water partition coefficient (Wildman–Crippen LogP) is 3.92. The smallest absolute Gasteiger partial charge is 0.321 e. The molecule has 0 atom stereocenters. The summed E-state index contributed by atoms with van der Waals surface area (Å²) in [6.45, 7) is 5.69. The number of hydrogen-bond acceptors (Lipinski definition) is 3. The number of urea groups is 1. The Morgan fingerprint density at radius 2 is 1.73 bits per heavy atom. The van der Waals surface area contributed by atoms with Crippen molar-refractivity contribution in [3.05, 3.63) is 60.2 Å². The van der Waals surface area contributed by atoms with E-state index >= 15 is 0 Å². The molecule has 0 unspecified atom stereocenters. The molecule has 0 aromatic heterocycles. The van der Waals surface area contributed by atoms with Crippen LogP contribution in [0.25, 0.3) is 0 Å². The third-order valence-electron chi connectivity index (χ3n) is 4.67. The number of benzene rings is 2. The van der Waals surface area contributed by atoms with E-state index < -0.39 is 9.84 Å². The molecule has 1 heterocycles. The summed E-state index contributed by atoms with van der Waals surface area (Å²) in [7, 11) is -3.47. The van der Waals surface area contributed by atoms with Crippen LogP contribution in [0.1, 0.15) is 25.8 Å². The lowest BCUT2D eigenvalue weighted by Crippen LogP contribution is -2.34. The highest BCUT2D eigenvalue weighted by atomic mass is 32.2. The van der Waals surface area contributed by atoms with Crippen LogP contribution in [0.3, 0.4) is 0 Å². The minimum atomic E-state index is -3.47. The van der Waals surface area contributed by atoms with E-state index in [0.29, 0.717) is 24.3 Å². The molecule has 1 aliphatic heterocycles. The molecule has 1 saturated heterocycles. The van der Waals surface area contributed by atoms with Crippen LogP contribution < -0.4 is 5.32 Å². The van der Waals surface area contributed by atoms with E-state index in [1.165, 1.54) is 0 Å². The average Bonchev–Trinajstić information content (AvgIpc) is 2.97. The number of carbonyl (C=O) groups is 1. The lowest BCUT2D eigenvalue weighted by atomic mass is 9.93. The van der Waals surface area contributed by atoms with Gasteiger partial charge in [0.1, 0.15) is 0 Å². The Bertz CT molecular complexity index is 892. The van der Waals surface area contributed by atoms with E-state index in [2.05, 4.69) is 19.2 Å². The van der Waals surface area contributed by atoms with Crippen LogP contribution in [0.4, 0.5) is 10.5 Å². The molecule has 26 heavy (non-hydrogen) atoms. The first kappa shape index (κ1) is 18.5. The van der Waals surface area contributed by atoms with Gasteiger partial charge in [0.15, 0.2) is 9.84 Å². The molecule has 0 aliphatic carbocycles. The van der Waals surface area contributed by atoms with Gasteiger partial charge in [-0.2, -0.15) is 0 Å². The maximum Gasteiger partial charge on any atom is 0.321 e. The summed E-state index contributed by atoms with van der Waals surface area (Å²) in [6, 6.07) is 15.2. The molecule has 0 spiro atoms. The Hall–Kier alpha value is -2.34. The largest absolute Gasteiger partial charge is 0.324 e. The zero-order valence-corrected chi connectivity index (χ0v) is 15.9. The molecule has 1 aliphatic rings. The van der Waals surface area contributed by atoms with E-state index in [4.69, 9.17) is 0 Å². The van der Waals surface area contributed by atoms with Crippen LogP contribution in [0.15, 0.2) is 59.5 Å². The summed E-state index contributed by atoms with van der Waals surface area (Å²) in [5.41, 5.74) is 1.25. The first-order chi connectivity index (χ1) is 12.3. The van der Waals surface area contributed by atoms with Crippen molar-refractivity contribution in [2.75, 3.05) is 18.4 Å². The quantitative estimate of drug-likeness (QED) is 0.884. The van der Waals surface area contributed by atoms with Gasteiger partial charge in [-0.3, -0.25) is 0 Å². The lowest BCUT2D eigenvalue weighted by molar-refractivity contribution is 0.217. The molecule has 0 bridgehead atoms. The molecule has 3 rings (SSSR count). The zero-order chi connectivity index (χ0) is 18.8. The molecular weight excluding hydrogens is 348 g/mol. The highest BCUT2D eigenvalue weighted by molar-refractivity contribution is 7.90. The van der Waals surface area contributed by atoms with Gasteiger partial charge in [0.25, 0.3) is 0 Å². The summed E-state index contributed by atoms with van der Waals surface area (Å²) >= 11 is 0. The number of nitrogens with one attached hydrogen (secondary N) is 1. The van der Waals surface area contributed by atoms with E-state index in [0.717, 1.165) is 6.42 Å². The molecule has 1 fully saturated rings. The van der Waals surface area contributed by atoms with Crippen molar-refractivity contribution in [2.24, 2.45) is 5.41 Å². The lowest BCUT2D eigenvalue weighted by Gasteiger charge is -2.21. The average molecular weight is 372 g/mol. The Morgan fingerprint density at radius 3 is 2.38 bits per heavy atom. The molecule has 138 valence electrons. The molecule has 5 nitrogen and oxygen atoms in total. The molecule has 2 aromatic rings. The van der Waals surface area contributed by atoms with Gasteiger partial charge in [0.05, 0.1) is 10.6 Å². The van der Waals surface area contributed by atoms with E-state index in [1.54, 1.807) is 59.5 Å². The number of nitrogens with zero attached hydrogens (tertiary/aromatic N) is 1. The number of sulfone groups is 1. The molecule has 2 amide bonds. The summed E-state index contributed by atoms with van der Waals surface area (Å²) in [4.78, 5) is 14.6. The standard InChI is InChI=1S/C20H24N2O3S/c1-20(2)12-13-22(15-20)19(23)21-18-11-7-6-8-16(18)14-26(24,25)17-9-4-3-5-10-17/h3-11H,12-15H2,1-2H3,(H,21,23).